The Kier molecular flexibility index (Phi) is 9.22. The minimum absolute atomic E-state index is 0.00563. The quantitative estimate of drug-likeness (QED) is 0.217. The van der Waals surface area contributed by atoms with Crippen LogP contribution in [0.3, 0.4) is 0 Å². The summed E-state index contributed by atoms with van der Waals surface area (Å²) in [6, 6.07) is 23.4. The molecule has 5 rings (SSSR count). The number of carbonyl (C=O) groups excluding carboxylic acids is 1. The first-order chi connectivity index (χ1) is 21.6. The maximum Gasteiger partial charge on any atom is 0.573 e. The number of halogens is 3. The summed E-state index contributed by atoms with van der Waals surface area (Å²) in [4.78, 5) is 23.1. The van der Waals surface area contributed by atoms with Crippen molar-refractivity contribution in [3.05, 3.63) is 113 Å². The Hall–Kier alpha value is -5.51. The molecule has 0 aromatic heterocycles. The molecule has 0 saturated carbocycles. The van der Waals surface area contributed by atoms with Crippen LogP contribution in [0, 0.1) is 0 Å². The predicted octanol–water partition coefficient (Wildman–Crippen LogP) is 6.31. The van der Waals surface area contributed by atoms with Crippen molar-refractivity contribution in [2.24, 2.45) is 0 Å². The van der Waals surface area contributed by atoms with Gasteiger partial charge in [-0.05, 0) is 88.2 Å². The van der Waals surface area contributed by atoms with Crippen LogP contribution in [0.25, 0.3) is 28.9 Å². The van der Waals surface area contributed by atoms with Crippen LogP contribution in [-0.4, -0.2) is 37.0 Å². The van der Waals surface area contributed by atoms with Gasteiger partial charge in [0.1, 0.15) is 23.0 Å². The molecule has 230 valence electrons. The monoisotopic (exact) mass is 615 g/mol. The number of carboxylic acid groups (broad SMARTS) is 1. The zero-order valence-corrected chi connectivity index (χ0v) is 24.1. The molecule has 0 unspecified atom stereocenters. The van der Waals surface area contributed by atoms with E-state index in [9.17, 15) is 22.8 Å². The van der Waals surface area contributed by atoms with Crippen molar-refractivity contribution in [2.45, 2.75) is 19.2 Å². The second-order valence-corrected chi connectivity index (χ2v) is 10.1. The van der Waals surface area contributed by atoms with Gasteiger partial charge in [-0.2, -0.15) is 0 Å². The van der Waals surface area contributed by atoms with Crippen LogP contribution in [-0.2, 0) is 4.79 Å². The number of carboxylic acids is 1. The lowest BCUT2D eigenvalue weighted by molar-refractivity contribution is -0.274. The van der Waals surface area contributed by atoms with Crippen LogP contribution in [0.4, 0.5) is 13.2 Å². The van der Waals surface area contributed by atoms with Gasteiger partial charge in [0.15, 0.2) is 0 Å². The molecule has 10 heteroatoms. The Morgan fingerprint density at radius 3 is 2.20 bits per heavy atom. The number of rotatable bonds is 10. The number of hydrogen-bond acceptors (Lipinski definition) is 5. The number of fused-ring (bicyclic) bond motifs is 1. The van der Waals surface area contributed by atoms with E-state index < -0.39 is 18.2 Å². The number of alkyl halides is 3. The highest BCUT2D eigenvalue weighted by molar-refractivity contribution is 5.94. The number of aliphatic carboxylic acids is 1. The average Bonchev–Trinajstić information content (AvgIpc) is 3.23. The fraction of sp³-hybridized carbons (Fsp3) is 0.143. The van der Waals surface area contributed by atoms with E-state index in [0.29, 0.717) is 34.6 Å². The van der Waals surface area contributed by atoms with Crippen LogP contribution < -0.4 is 30.0 Å². The Morgan fingerprint density at radius 2 is 1.51 bits per heavy atom. The van der Waals surface area contributed by atoms with Crippen LogP contribution in [0.2, 0.25) is 0 Å². The number of hydrogen-bond donors (Lipinski definition) is 2. The molecule has 0 radical (unpaired) electrons. The Bertz CT molecular complexity index is 1860. The topological polar surface area (TPSA) is 94.1 Å². The first-order valence-corrected chi connectivity index (χ1v) is 13.9. The number of ether oxygens (including phenoxy) is 3. The van der Waals surface area contributed by atoms with E-state index in [-0.39, 0.29) is 18.7 Å². The smallest absolute Gasteiger partial charge is 0.497 e. The molecule has 4 aromatic rings. The second-order valence-electron chi connectivity index (χ2n) is 10.1. The molecule has 45 heavy (non-hydrogen) atoms. The van der Waals surface area contributed by atoms with Crippen molar-refractivity contribution in [1.29, 1.82) is 0 Å². The first-order valence-electron chi connectivity index (χ1n) is 13.9. The van der Waals surface area contributed by atoms with Crippen molar-refractivity contribution in [3.8, 4) is 34.1 Å². The molecule has 0 aliphatic heterocycles. The maximum absolute atomic E-state index is 12.7. The summed E-state index contributed by atoms with van der Waals surface area (Å²) < 4.78 is 53.7. The molecule has 1 aliphatic carbocycles. The molecular weight excluding hydrogens is 587 g/mol. The van der Waals surface area contributed by atoms with E-state index in [4.69, 9.17) is 14.6 Å². The van der Waals surface area contributed by atoms with Crippen LogP contribution >= 0.6 is 0 Å². The number of amides is 1. The second kappa shape index (κ2) is 13.4. The van der Waals surface area contributed by atoms with Crippen molar-refractivity contribution in [3.63, 3.8) is 0 Å². The lowest BCUT2D eigenvalue weighted by atomic mass is 9.97. The minimum Gasteiger partial charge on any atom is -0.497 e. The number of benzene rings is 4. The lowest BCUT2D eigenvalue weighted by Crippen LogP contribution is -2.25. The Balaban J connectivity index is 1.47. The van der Waals surface area contributed by atoms with E-state index >= 15 is 0 Å². The third-order valence-electron chi connectivity index (χ3n) is 7.02. The van der Waals surface area contributed by atoms with Gasteiger partial charge < -0.3 is 24.6 Å². The molecule has 4 aromatic carbocycles. The van der Waals surface area contributed by atoms with Crippen LogP contribution in [0.15, 0.2) is 91.0 Å². The summed E-state index contributed by atoms with van der Waals surface area (Å²) in [5, 5.41) is 13.4. The molecule has 7 nitrogen and oxygen atoms in total. The fourth-order valence-electron chi connectivity index (χ4n) is 4.78. The van der Waals surface area contributed by atoms with Crippen LogP contribution in [0.1, 0.15) is 28.8 Å². The van der Waals surface area contributed by atoms with Gasteiger partial charge in [0.2, 0.25) is 0 Å². The predicted molar refractivity (Wildman–Crippen MR) is 163 cm³/mol. The molecule has 0 bridgehead atoms. The molecule has 0 heterocycles. The van der Waals surface area contributed by atoms with Crippen molar-refractivity contribution in [2.75, 3.05) is 13.7 Å². The molecule has 2 N–H and O–H groups in total. The standard InChI is InChI=1S/C35H28F3NO6/c1-43-30-16-8-22-2-3-24(4-5-26(22)20-30)31-17-11-27(23-6-14-29(15-7-23)45-35(36,37)38)21-32(31)44-28-12-9-25(10-13-28)34(42)39-19-18-33(40)41/h2,4-17,20-21H,3,18-19H2,1H3,(H,39,42)(H,40,41). The van der Waals surface area contributed by atoms with Crippen molar-refractivity contribution >= 4 is 29.6 Å². The van der Waals surface area contributed by atoms with E-state index in [1.165, 1.54) is 24.3 Å². The number of methoxy groups -OCH3 is 1. The van der Waals surface area contributed by atoms with Crippen LogP contribution in [0.5, 0.6) is 23.0 Å². The summed E-state index contributed by atoms with van der Waals surface area (Å²) in [7, 11) is 1.61. The van der Waals surface area contributed by atoms with Gasteiger partial charge in [0.25, 0.3) is 5.91 Å². The van der Waals surface area contributed by atoms with E-state index in [2.05, 4.69) is 16.1 Å². The van der Waals surface area contributed by atoms with Gasteiger partial charge >= 0.3 is 12.3 Å². The summed E-state index contributed by atoms with van der Waals surface area (Å²) >= 11 is 0. The highest BCUT2D eigenvalue weighted by Gasteiger charge is 2.31. The Labute approximate surface area is 256 Å². The summed E-state index contributed by atoms with van der Waals surface area (Å²) in [6.45, 7) is 0.00563. The zero-order chi connectivity index (χ0) is 32.0. The van der Waals surface area contributed by atoms with Crippen molar-refractivity contribution in [1.82, 2.24) is 5.32 Å². The summed E-state index contributed by atoms with van der Waals surface area (Å²) in [5.74, 6) is -0.0517. The third-order valence-corrected chi connectivity index (χ3v) is 7.02. The first kappa shape index (κ1) is 30.9. The van der Waals surface area contributed by atoms with Gasteiger partial charge in [-0.1, -0.05) is 48.6 Å². The van der Waals surface area contributed by atoms with E-state index in [0.717, 1.165) is 27.3 Å². The molecule has 0 fully saturated rings. The third kappa shape index (κ3) is 8.11. The number of allylic oxidation sites excluding steroid dienone is 2. The maximum atomic E-state index is 12.7. The van der Waals surface area contributed by atoms with E-state index in [1.807, 2.05) is 48.6 Å². The van der Waals surface area contributed by atoms with Gasteiger partial charge in [0, 0.05) is 17.7 Å². The van der Waals surface area contributed by atoms with E-state index in [1.54, 1.807) is 31.4 Å². The molecule has 0 spiro atoms. The minimum atomic E-state index is -4.79. The molecule has 1 amide bonds. The van der Waals surface area contributed by atoms with Crippen molar-refractivity contribution < 1.29 is 42.1 Å². The highest BCUT2D eigenvalue weighted by atomic mass is 19.4. The molecule has 0 saturated heterocycles. The normalized spacial score (nSPS) is 12.4. The van der Waals surface area contributed by atoms with Gasteiger partial charge in [-0.3, -0.25) is 9.59 Å². The van der Waals surface area contributed by atoms with Gasteiger partial charge in [-0.25, -0.2) is 0 Å². The summed E-state index contributed by atoms with van der Waals surface area (Å²) in [6.07, 6.45) is 1.75. The zero-order valence-electron chi connectivity index (χ0n) is 24.1. The lowest BCUT2D eigenvalue weighted by Gasteiger charge is -2.16. The van der Waals surface area contributed by atoms with Gasteiger partial charge in [0.05, 0.1) is 13.5 Å². The Morgan fingerprint density at radius 1 is 0.822 bits per heavy atom. The summed E-state index contributed by atoms with van der Waals surface area (Å²) in [5.41, 5.74) is 3.47. The SMILES string of the molecule is COc1ccc2c(c1)=CC=C(c1ccc(-c3ccc(OC(F)(F)F)cc3)cc1Oc1ccc(C(=O)NCCC(=O)O)cc1)CC=2. The fourth-order valence-corrected chi connectivity index (χ4v) is 4.78. The molecule has 0 atom stereocenters. The van der Waals surface area contributed by atoms with Gasteiger partial charge in [-0.15, -0.1) is 13.2 Å². The molecular formula is C35H28F3NO6. The number of nitrogens with one attached hydrogen (secondary N) is 1. The largest absolute Gasteiger partial charge is 0.573 e. The number of carbonyl (C=O) groups is 2. The molecule has 1 aliphatic rings. The highest BCUT2D eigenvalue weighted by Crippen LogP contribution is 2.37. The average molecular weight is 616 g/mol.